The van der Waals surface area contributed by atoms with Gasteiger partial charge in [-0.1, -0.05) is 6.92 Å². The van der Waals surface area contributed by atoms with Gasteiger partial charge in [-0.05, 0) is 0 Å². The summed E-state index contributed by atoms with van der Waals surface area (Å²) < 4.78 is 21.0. The quantitative estimate of drug-likeness (QED) is 0.451. The van der Waals surface area contributed by atoms with E-state index in [0.29, 0.717) is 39.6 Å². The molecule has 1 aliphatic rings. The van der Waals surface area contributed by atoms with Crippen LogP contribution in [-0.4, -0.2) is 74.9 Å². The molecule has 0 aromatic rings. The van der Waals surface area contributed by atoms with E-state index in [4.69, 9.17) is 24.7 Å². The Hall–Kier alpha value is -0.280. The van der Waals surface area contributed by atoms with Gasteiger partial charge < -0.3 is 34.9 Å². The third-order valence-electron chi connectivity index (χ3n) is 3.00. The molecule has 7 heteroatoms. The molecule has 0 spiro atoms. The van der Waals surface area contributed by atoms with Crippen molar-refractivity contribution in [3.05, 3.63) is 0 Å². The van der Waals surface area contributed by atoms with Crippen molar-refractivity contribution in [1.29, 1.82) is 0 Å². The van der Waals surface area contributed by atoms with Crippen LogP contribution in [0, 0.1) is 5.92 Å². The number of hydrogen-bond acceptors (Lipinski definition) is 7. The molecule has 0 amide bonds. The van der Waals surface area contributed by atoms with Gasteiger partial charge in [0.15, 0.2) is 6.29 Å². The predicted octanol–water partition coefficient (Wildman–Crippen LogP) is -1.29. The molecule has 1 heterocycles. The molecular formula is C12H25NO6. The molecule has 19 heavy (non-hydrogen) atoms. The van der Waals surface area contributed by atoms with Crippen LogP contribution in [0.1, 0.15) is 6.92 Å². The first-order valence-corrected chi connectivity index (χ1v) is 6.61. The smallest absolute Gasteiger partial charge is 0.183 e. The van der Waals surface area contributed by atoms with Crippen LogP contribution in [-0.2, 0) is 18.9 Å². The lowest BCUT2D eigenvalue weighted by molar-refractivity contribution is -0.256. The summed E-state index contributed by atoms with van der Waals surface area (Å²) in [6, 6.07) is 0. The second-order valence-corrected chi connectivity index (χ2v) is 4.50. The van der Waals surface area contributed by atoms with Crippen LogP contribution in [0.4, 0.5) is 0 Å². The fourth-order valence-electron chi connectivity index (χ4n) is 1.69. The Kier molecular flexibility index (Phi) is 8.47. The van der Waals surface area contributed by atoms with Gasteiger partial charge in [-0.3, -0.25) is 0 Å². The van der Waals surface area contributed by atoms with Gasteiger partial charge in [-0.2, -0.15) is 0 Å². The third kappa shape index (κ3) is 6.13. The van der Waals surface area contributed by atoms with Crippen molar-refractivity contribution in [3.63, 3.8) is 0 Å². The Morgan fingerprint density at radius 1 is 1.11 bits per heavy atom. The van der Waals surface area contributed by atoms with E-state index in [1.807, 2.05) is 0 Å². The molecule has 1 fully saturated rings. The fourth-order valence-corrected chi connectivity index (χ4v) is 1.69. The maximum Gasteiger partial charge on any atom is 0.183 e. The van der Waals surface area contributed by atoms with Crippen molar-refractivity contribution in [2.45, 2.75) is 25.4 Å². The topological polar surface area (TPSA) is 103 Å². The lowest BCUT2D eigenvalue weighted by atomic mass is 9.96. The zero-order valence-corrected chi connectivity index (χ0v) is 11.4. The summed E-state index contributed by atoms with van der Waals surface area (Å²) in [5.41, 5.74) is 5.27. The highest BCUT2D eigenvalue weighted by molar-refractivity contribution is 4.79. The molecule has 7 nitrogen and oxygen atoms in total. The maximum atomic E-state index is 9.83. The minimum absolute atomic E-state index is 0.177. The van der Waals surface area contributed by atoms with Gasteiger partial charge in [0.05, 0.1) is 45.7 Å². The van der Waals surface area contributed by atoms with Crippen molar-refractivity contribution in [2.75, 3.05) is 46.2 Å². The van der Waals surface area contributed by atoms with Gasteiger partial charge in [0.25, 0.3) is 0 Å². The Morgan fingerprint density at radius 2 is 1.74 bits per heavy atom. The second kappa shape index (κ2) is 9.60. The SMILES string of the molecule is CC1C(O)[C@@H](OCCOCCOCCN)OC[C@H]1O. The minimum atomic E-state index is -0.823. The van der Waals surface area contributed by atoms with E-state index in [9.17, 15) is 10.2 Å². The van der Waals surface area contributed by atoms with Crippen molar-refractivity contribution < 1.29 is 29.2 Å². The molecule has 1 saturated heterocycles. The molecule has 2 unspecified atom stereocenters. The average molecular weight is 279 g/mol. The Labute approximate surface area is 113 Å². The van der Waals surface area contributed by atoms with Crippen LogP contribution in [0.5, 0.6) is 0 Å². The Morgan fingerprint density at radius 3 is 2.42 bits per heavy atom. The summed E-state index contributed by atoms with van der Waals surface area (Å²) in [5.74, 6) is -0.260. The summed E-state index contributed by atoms with van der Waals surface area (Å²) in [4.78, 5) is 0. The first-order valence-electron chi connectivity index (χ1n) is 6.61. The molecule has 4 atom stereocenters. The van der Waals surface area contributed by atoms with Crippen LogP contribution in [0.2, 0.25) is 0 Å². The summed E-state index contributed by atoms with van der Waals surface area (Å²) in [6.45, 7) is 4.68. The number of nitrogens with two attached hydrogens (primary N) is 1. The number of ether oxygens (including phenoxy) is 4. The monoisotopic (exact) mass is 279 g/mol. The summed E-state index contributed by atoms with van der Waals surface area (Å²) in [6.07, 6.45) is -2.17. The molecule has 0 radical (unpaired) electrons. The number of aliphatic hydroxyl groups excluding tert-OH is 2. The van der Waals surface area contributed by atoms with E-state index in [-0.39, 0.29) is 12.5 Å². The number of aliphatic hydroxyl groups is 2. The van der Waals surface area contributed by atoms with Crippen molar-refractivity contribution in [1.82, 2.24) is 0 Å². The molecule has 114 valence electrons. The van der Waals surface area contributed by atoms with Gasteiger partial charge in [-0.25, -0.2) is 0 Å². The van der Waals surface area contributed by atoms with Crippen LogP contribution in [0.3, 0.4) is 0 Å². The lowest BCUT2D eigenvalue weighted by Gasteiger charge is -2.35. The number of rotatable bonds is 9. The molecule has 0 aromatic carbocycles. The van der Waals surface area contributed by atoms with E-state index in [1.54, 1.807) is 6.92 Å². The average Bonchev–Trinajstić information content (AvgIpc) is 2.41. The van der Waals surface area contributed by atoms with Crippen LogP contribution >= 0.6 is 0 Å². The fraction of sp³-hybridized carbons (Fsp3) is 1.00. The van der Waals surface area contributed by atoms with Gasteiger partial charge in [0, 0.05) is 12.5 Å². The van der Waals surface area contributed by atoms with Gasteiger partial charge in [-0.15, -0.1) is 0 Å². The normalized spacial score (nSPS) is 31.6. The molecular weight excluding hydrogens is 254 g/mol. The molecule has 0 saturated carbocycles. The summed E-state index contributed by atoms with van der Waals surface area (Å²) in [7, 11) is 0. The van der Waals surface area contributed by atoms with Crippen molar-refractivity contribution in [3.8, 4) is 0 Å². The lowest BCUT2D eigenvalue weighted by Crippen LogP contribution is -2.49. The van der Waals surface area contributed by atoms with E-state index >= 15 is 0 Å². The third-order valence-corrected chi connectivity index (χ3v) is 3.00. The summed E-state index contributed by atoms with van der Waals surface area (Å²) in [5, 5.41) is 19.3. The van der Waals surface area contributed by atoms with Crippen LogP contribution in [0.25, 0.3) is 0 Å². The van der Waals surface area contributed by atoms with E-state index in [1.165, 1.54) is 0 Å². The standard InChI is InChI=1S/C12H25NO6/c1-9-10(14)8-19-12(11(9)15)18-7-6-17-5-4-16-3-2-13/h9-12,14-15H,2-8,13H2,1H3/t9?,10-,11?,12+/m1/s1. The number of hydrogen-bond donors (Lipinski definition) is 3. The Bertz CT molecular complexity index is 230. The zero-order valence-electron chi connectivity index (χ0n) is 11.4. The van der Waals surface area contributed by atoms with E-state index < -0.39 is 18.5 Å². The second-order valence-electron chi connectivity index (χ2n) is 4.50. The minimum Gasteiger partial charge on any atom is -0.390 e. The highest BCUT2D eigenvalue weighted by Gasteiger charge is 2.36. The molecule has 0 bridgehead atoms. The van der Waals surface area contributed by atoms with Gasteiger partial charge in [0.1, 0.15) is 6.10 Å². The zero-order chi connectivity index (χ0) is 14.1. The van der Waals surface area contributed by atoms with E-state index in [2.05, 4.69) is 0 Å². The molecule has 1 aliphatic heterocycles. The van der Waals surface area contributed by atoms with Gasteiger partial charge in [0.2, 0.25) is 0 Å². The molecule has 0 aromatic heterocycles. The molecule has 0 aliphatic carbocycles. The Balaban J connectivity index is 2.00. The highest BCUT2D eigenvalue weighted by Crippen LogP contribution is 2.21. The van der Waals surface area contributed by atoms with Crippen LogP contribution < -0.4 is 5.73 Å². The largest absolute Gasteiger partial charge is 0.390 e. The predicted molar refractivity (Wildman–Crippen MR) is 67.6 cm³/mol. The molecule has 4 N–H and O–H groups in total. The van der Waals surface area contributed by atoms with E-state index in [0.717, 1.165) is 0 Å². The summed E-state index contributed by atoms with van der Waals surface area (Å²) >= 11 is 0. The highest BCUT2D eigenvalue weighted by atomic mass is 16.7. The van der Waals surface area contributed by atoms with Crippen molar-refractivity contribution >= 4 is 0 Å². The van der Waals surface area contributed by atoms with Crippen LogP contribution in [0.15, 0.2) is 0 Å². The first-order chi connectivity index (χ1) is 9.16. The van der Waals surface area contributed by atoms with Crippen molar-refractivity contribution in [2.24, 2.45) is 11.7 Å². The first kappa shape index (κ1) is 16.8. The van der Waals surface area contributed by atoms with Gasteiger partial charge >= 0.3 is 0 Å². The molecule has 1 rings (SSSR count). The maximum absolute atomic E-state index is 9.83.